The Morgan fingerprint density at radius 2 is 2.00 bits per heavy atom. The average Bonchev–Trinajstić information content (AvgIpc) is 2.34. The Kier molecular flexibility index (Phi) is 7.09. The molecule has 1 rings (SSSR count). The van der Waals surface area contributed by atoms with Gasteiger partial charge in [-0.3, -0.25) is 0 Å². The van der Waals surface area contributed by atoms with Crippen molar-refractivity contribution in [1.29, 1.82) is 0 Å². The van der Waals surface area contributed by atoms with Crippen molar-refractivity contribution in [3.05, 3.63) is 0 Å². The lowest BCUT2D eigenvalue weighted by Gasteiger charge is -2.32. The molecule has 1 aliphatic rings. The number of aliphatic hydroxyl groups excluding tert-OH is 1. The zero-order valence-corrected chi connectivity index (χ0v) is 11.6. The molecule has 17 heavy (non-hydrogen) atoms. The summed E-state index contributed by atoms with van der Waals surface area (Å²) in [6, 6.07) is 0.599. The maximum Gasteiger partial charge on any atom is 0.0897 e. The molecule has 3 atom stereocenters. The van der Waals surface area contributed by atoms with E-state index in [0.717, 1.165) is 5.92 Å². The monoisotopic (exact) mass is 243 g/mol. The normalized spacial score (nSPS) is 27.4. The van der Waals surface area contributed by atoms with E-state index in [1.54, 1.807) is 0 Å². The van der Waals surface area contributed by atoms with Gasteiger partial charge in [0.15, 0.2) is 0 Å². The van der Waals surface area contributed by atoms with Gasteiger partial charge in [0, 0.05) is 12.6 Å². The van der Waals surface area contributed by atoms with E-state index in [9.17, 15) is 5.11 Å². The third-order valence-corrected chi connectivity index (χ3v) is 3.67. The molecule has 0 aliphatic heterocycles. The molecule has 0 aromatic rings. The molecule has 3 nitrogen and oxygen atoms in total. The van der Waals surface area contributed by atoms with Gasteiger partial charge < -0.3 is 15.2 Å². The first kappa shape index (κ1) is 14.9. The summed E-state index contributed by atoms with van der Waals surface area (Å²) in [5.41, 5.74) is 0. The lowest BCUT2D eigenvalue weighted by Crippen LogP contribution is -2.43. The molecule has 0 saturated heterocycles. The van der Waals surface area contributed by atoms with Gasteiger partial charge in [-0.05, 0) is 32.6 Å². The van der Waals surface area contributed by atoms with Gasteiger partial charge in [0.2, 0.25) is 0 Å². The Labute approximate surface area is 106 Å². The van der Waals surface area contributed by atoms with Crippen molar-refractivity contribution in [3.8, 4) is 0 Å². The van der Waals surface area contributed by atoms with E-state index in [2.05, 4.69) is 12.2 Å². The van der Waals surface area contributed by atoms with E-state index in [0.29, 0.717) is 19.2 Å². The van der Waals surface area contributed by atoms with Gasteiger partial charge in [0.05, 0.1) is 18.8 Å². The highest BCUT2D eigenvalue weighted by Gasteiger charge is 2.23. The Morgan fingerprint density at radius 1 is 1.29 bits per heavy atom. The molecule has 0 heterocycles. The molecule has 0 amide bonds. The van der Waals surface area contributed by atoms with Crippen molar-refractivity contribution in [1.82, 2.24) is 5.32 Å². The molecule has 0 aromatic carbocycles. The van der Waals surface area contributed by atoms with Gasteiger partial charge in [-0.15, -0.1) is 0 Å². The van der Waals surface area contributed by atoms with Gasteiger partial charge in [0.1, 0.15) is 0 Å². The maximum absolute atomic E-state index is 9.80. The first-order valence-electron chi connectivity index (χ1n) is 7.16. The quantitative estimate of drug-likeness (QED) is 0.721. The summed E-state index contributed by atoms with van der Waals surface area (Å²) < 4.78 is 5.41. The molecule has 1 fully saturated rings. The van der Waals surface area contributed by atoms with Crippen LogP contribution in [0.2, 0.25) is 0 Å². The topological polar surface area (TPSA) is 41.5 Å². The highest BCUT2D eigenvalue weighted by molar-refractivity contribution is 4.80. The van der Waals surface area contributed by atoms with E-state index in [1.165, 1.54) is 32.1 Å². The summed E-state index contributed by atoms with van der Waals surface area (Å²) in [5, 5.41) is 13.3. The van der Waals surface area contributed by atoms with E-state index in [1.807, 2.05) is 13.8 Å². The van der Waals surface area contributed by atoms with Gasteiger partial charge in [-0.1, -0.05) is 26.2 Å². The first-order chi connectivity index (χ1) is 8.13. The lowest BCUT2D eigenvalue weighted by molar-refractivity contribution is 0.00410. The Balaban J connectivity index is 2.19. The summed E-state index contributed by atoms with van der Waals surface area (Å²) in [4.78, 5) is 0. The molecular weight excluding hydrogens is 214 g/mol. The van der Waals surface area contributed by atoms with E-state index < -0.39 is 0 Å². The van der Waals surface area contributed by atoms with Gasteiger partial charge >= 0.3 is 0 Å². The Hall–Kier alpha value is -0.120. The predicted octanol–water partition coefficient (Wildman–Crippen LogP) is 2.33. The SMILES string of the molecule is CCC1CCCCC1NCC(O)COC(C)C. The molecule has 1 saturated carbocycles. The number of rotatable bonds is 7. The third-order valence-electron chi connectivity index (χ3n) is 3.67. The zero-order valence-electron chi connectivity index (χ0n) is 11.6. The molecule has 102 valence electrons. The van der Waals surface area contributed by atoms with E-state index in [-0.39, 0.29) is 12.2 Å². The van der Waals surface area contributed by atoms with E-state index >= 15 is 0 Å². The fourth-order valence-electron chi connectivity index (χ4n) is 2.61. The Bertz CT molecular complexity index is 197. The fourth-order valence-corrected chi connectivity index (χ4v) is 2.61. The first-order valence-corrected chi connectivity index (χ1v) is 7.16. The standard InChI is InChI=1S/C14H29NO2/c1-4-12-7-5-6-8-14(12)15-9-13(16)10-17-11(2)3/h11-16H,4-10H2,1-3H3. The van der Waals surface area contributed by atoms with Crippen molar-refractivity contribution in [2.45, 2.75) is 71.1 Å². The molecule has 3 unspecified atom stereocenters. The van der Waals surface area contributed by atoms with Crippen molar-refractivity contribution in [3.63, 3.8) is 0 Å². The van der Waals surface area contributed by atoms with Crippen LogP contribution in [0.1, 0.15) is 52.9 Å². The summed E-state index contributed by atoms with van der Waals surface area (Å²) in [6.07, 6.45) is 6.36. The molecule has 0 radical (unpaired) electrons. The van der Waals surface area contributed by atoms with Gasteiger partial charge in [-0.25, -0.2) is 0 Å². The van der Waals surface area contributed by atoms with Crippen molar-refractivity contribution >= 4 is 0 Å². The van der Waals surface area contributed by atoms with Crippen molar-refractivity contribution in [2.75, 3.05) is 13.2 Å². The van der Waals surface area contributed by atoms with Crippen molar-refractivity contribution in [2.24, 2.45) is 5.92 Å². The second-order valence-electron chi connectivity index (χ2n) is 5.50. The van der Waals surface area contributed by atoms with Crippen LogP contribution in [0.25, 0.3) is 0 Å². The lowest BCUT2D eigenvalue weighted by atomic mass is 9.83. The van der Waals surface area contributed by atoms with Gasteiger partial charge in [-0.2, -0.15) is 0 Å². The second-order valence-corrected chi connectivity index (χ2v) is 5.50. The minimum atomic E-state index is -0.378. The van der Waals surface area contributed by atoms with Crippen LogP contribution in [0.3, 0.4) is 0 Å². The molecule has 1 aliphatic carbocycles. The van der Waals surface area contributed by atoms with Crippen LogP contribution in [-0.4, -0.2) is 36.5 Å². The zero-order chi connectivity index (χ0) is 12.7. The predicted molar refractivity (Wildman–Crippen MR) is 71.1 cm³/mol. The molecule has 3 heteroatoms. The van der Waals surface area contributed by atoms with E-state index in [4.69, 9.17) is 4.74 Å². The molecule has 0 spiro atoms. The Morgan fingerprint density at radius 3 is 2.65 bits per heavy atom. The van der Waals surface area contributed by atoms with Gasteiger partial charge in [0.25, 0.3) is 0 Å². The molecule has 2 N–H and O–H groups in total. The summed E-state index contributed by atoms with van der Waals surface area (Å²) in [5.74, 6) is 0.793. The number of aliphatic hydroxyl groups is 1. The summed E-state index contributed by atoms with van der Waals surface area (Å²) >= 11 is 0. The number of hydrogen-bond acceptors (Lipinski definition) is 3. The maximum atomic E-state index is 9.80. The molecule has 0 aromatic heterocycles. The number of ether oxygens (including phenoxy) is 1. The average molecular weight is 243 g/mol. The molecular formula is C14H29NO2. The smallest absolute Gasteiger partial charge is 0.0897 e. The van der Waals surface area contributed by atoms with Crippen LogP contribution in [-0.2, 0) is 4.74 Å². The van der Waals surface area contributed by atoms with Crippen molar-refractivity contribution < 1.29 is 9.84 Å². The highest BCUT2D eigenvalue weighted by Crippen LogP contribution is 2.26. The summed E-state index contributed by atoms with van der Waals surface area (Å²) in [7, 11) is 0. The molecule has 0 bridgehead atoms. The van der Waals surface area contributed by atoms with Crippen LogP contribution in [0.4, 0.5) is 0 Å². The third kappa shape index (κ3) is 5.84. The largest absolute Gasteiger partial charge is 0.389 e. The summed E-state index contributed by atoms with van der Waals surface area (Å²) in [6.45, 7) is 7.35. The van der Waals surface area contributed by atoms with Crippen LogP contribution < -0.4 is 5.32 Å². The fraction of sp³-hybridized carbons (Fsp3) is 1.00. The number of nitrogens with one attached hydrogen (secondary N) is 1. The second kappa shape index (κ2) is 8.06. The van der Waals surface area contributed by atoms with Crippen LogP contribution in [0, 0.1) is 5.92 Å². The minimum Gasteiger partial charge on any atom is -0.389 e. The highest BCUT2D eigenvalue weighted by atomic mass is 16.5. The van der Waals surface area contributed by atoms with Crippen LogP contribution in [0.5, 0.6) is 0 Å². The minimum absolute atomic E-state index is 0.197. The van der Waals surface area contributed by atoms with Crippen LogP contribution >= 0.6 is 0 Å². The number of hydrogen-bond donors (Lipinski definition) is 2. The van der Waals surface area contributed by atoms with Crippen LogP contribution in [0.15, 0.2) is 0 Å².